The molecule has 2 unspecified atom stereocenters. The second-order valence-corrected chi connectivity index (χ2v) is 5.10. The third kappa shape index (κ3) is 5.72. The number of rotatable bonds is 3. The van der Waals surface area contributed by atoms with Gasteiger partial charge in [0.15, 0.2) is 0 Å². The fourth-order valence-electron chi connectivity index (χ4n) is 1.72. The molecule has 0 radical (unpaired) electrons. The lowest BCUT2D eigenvalue weighted by Gasteiger charge is -2.04. The van der Waals surface area contributed by atoms with Crippen molar-refractivity contribution in [3.05, 3.63) is 75.3 Å². The van der Waals surface area contributed by atoms with E-state index in [1.165, 1.54) is 18.2 Å². The van der Waals surface area contributed by atoms with E-state index in [1.807, 2.05) is 6.92 Å². The van der Waals surface area contributed by atoms with Gasteiger partial charge in [-0.05, 0) is 43.2 Å². The molecule has 0 fully saturated rings. The zero-order chi connectivity index (χ0) is 17.6. The minimum atomic E-state index is -0.839. The van der Waals surface area contributed by atoms with Gasteiger partial charge in [-0.3, -0.25) is 10.1 Å². The molecule has 0 saturated heterocycles. The molecule has 0 amide bonds. The minimum Gasteiger partial charge on any atom is -0.324 e. The summed E-state index contributed by atoms with van der Waals surface area (Å²) in [6.07, 6.45) is 0. The highest BCUT2D eigenvalue weighted by Gasteiger charge is 2.15. The predicted molar refractivity (Wildman–Crippen MR) is 84.7 cm³/mol. The van der Waals surface area contributed by atoms with Crippen LogP contribution in [0.5, 0.6) is 0 Å². The van der Waals surface area contributed by atoms with Crippen LogP contribution < -0.4 is 11.5 Å². The summed E-state index contributed by atoms with van der Waals surface area (Å²) in [6, 6.07) is 9.51. The van der Waals surface area contributed by atoms with E-state index in [4.69, 9.17) is 11.5 Å². The van der Waals surface area contributed by atoms with E-state index in [1.54, 1.807) is 19.1 Å². The van der Waals surface area contributed by atoms with Crippen LogP contribution in [0.3, 0.4) is 0 Å². The van der Waals surface area contributed by atoms with Crippen molar-refractivity contribution in [1.29, 1.82) is 0 Å². The summed E-state index contributed by atoms with van der Waals surface area (Å²) < 4.78 is 25.1. The molecule has 2 aromatic rings. The van der Waals surface area contributed by atoms with Crippen LogP contribution in [0.25, 0.3) is 0 Å². The van der Waals surface area contributed by atoms with Gasteiger partial charge in [-0.15, -0.1) is 0 Å². The molecule has 2 atom stereocenters. The number of nitro benzene ring substituents is 1. The molecule has 2 rings (SSSR count). The Morgan fingerprint density at radius 3 is 1.87 bits per heavy atom. The fourth-order valence-corrected chi connectivity index (χ4v) is 1.72. The van der Waals surface area contributed by atoms with Crippen LogP contribution in [0.1, 0.15) is 37.1 Å². The lowest BCUT2D eigenvalue weighted by Crippen LogP contribution is -2.05. The van der Waals surface area contributed by atoms with Gasteiger partial charge in [-0.1, -0.05) is 18.2 Å². The smallest absolute Gasteiger partial charge is 0.305 e. The van der Waals surface area contributed by atoms with Gasteiger partial charge in [-0.2, -0.15) is 4.39 Å². The van der Waals surface area contributed by atoms with E-state index in [0.717, 1.165) is 17.7 Å². The Hall–Kier alpha value is -2.38. The normalized spacial score (nSPS) is 12.8. The summed E-state index contributed by atoms with van der Waals surface area (Å²) in [5.41, 5.74) is 12.0. The first-order valence-corrected chi connectivity index (χ1v) is 6.92. The molecule has 124 valence electrons. The Labute approximate surface area is 133 Å². The van der Waals surface area contributed by atoms with Crippen LogP contribution in [-0.2, 0) is 0 Å². The van der Waals surface area contributed by atoms with Crippen LogP contribution in [0, 0.1) is 21.7 Å². The maximum atomic E-state index is 12.8. The zero-order valence-electron chi connectivity index (χ0n) is 12.9. The third-order valence-electron chi connectivity index (χ3n) is 3.09. The number of halogens is 2. The van der Waals surface area contributed by atoms with Crippen molar-refractivity contribution in [2.75, 3.05) is 0 Å². The Morgan fingerprint density at radius 1 is 0.957 bits per heavy atom. The van der Waals surface area contributed by atoms with E-state index in [-0.39, 0.29) is 17.9 Å². The highest BCUT2D eigenvalue weighted by molar-refractivity contribution is 5.37. The van der Waals surface area contributed by atoms with Gasteiger partial charge in [0.1, 0.15) is 5.82 Å². The van der Waals surface area contributed by atoms with Crippen molar-refractivity contribution in [1.82, 2.24) is 0 Å². The van der Waals surface area contributed by atoms with Crippen LogP contribution >= 0.6 is 0 Å². The van der Waals surface area contributed by atoms with Crippen LogP contribution in [0.2, 0.25) is 0 Å². The molecule has 7 heteroatoms. The van der Waals surface area contributed by atoms with Gasteiger partial charge < -0.3 is 11.5 Å². The predicted octanol–water partition coefficient (Wildman–Crippen LogP) is 3.60. The van der Waals surface area contributed by atoms with Crippen molar-refractivity contribution < 1.29 is 13.7 Å². The molecule has 0 aliphatic carbocycles. The maximum Gasteiger partial charge on any atom is 0.305 e. The van der Waals surface area contributed by atoms with E-state index < -0.39 is 16.4 Å². The van der Waals surface area contributed by atoms with Crippen molar-refractivity contribution in [2.45, 2.75) is 25.9 Å². The number of nitrogens with two attached hydrogens (primary N) is 2. The molecule has 0 aliphatic heterocycles. The summed E-state index contributed by atoms with van der Waals surface area (Å²) in [4.78, 5) is 9.56. The molecule has 0 heterocycles. The molecule has 5 nitrogen and oxygen atoms in total. The van der Waals surface area contributed by atoms with Gasteiger partial charge in [0.25, 0.3) is 0 Å². The van der Waals surface area contributed by atoms with Crippen molar-refractivity contribution in [2.24, 2.45) is 11.5 Å². The topological polar surface area (TPSA) is 95.2 Å². The van der Waals surface area contributed by atoms with E-state index in [9.17, 15) is 18.9 Å². The van der Waals surface area contributed by atoms with Crippen LogP contribution in [-0.4, -0.2) is 4.92 Å². The highest BCUT2D eigenvalue weighted by atomic mass is 19.1. The summed E-state index contributed by atoms with van der Waals surface area (Å²) in [5, 5.41) is 10.3. The van der Waals surface area contributed by atoms with Gasteiger partial charge in [-0.25, -0.2) is 4.39 Å². The number of hydrogen-bond donors (Lipinski definition) is 2. The molecule has 0 saturated carbocycles. The fraction of sp³-hybridized carbons (Fsp3) is 0.250. The van der Waals surface area contributed by atoms with Crippen molar-refractivity contribution in [3.63, 3.8) is 0 Å². The molecular weight excluding hydrogens is 304 g/mol. The maximum absolute atomic E-state index is 12.8. The van der Waals surface area contributed by atoms with Crippen molar-refractivity contribution in [3.8, 4) is 0 Å². The number of benzene rings is 2. The lowest BCUT2D eigenvalue weighted by molar-refractivity contribution is -0.387. The lowest BCUT2D eigenvalue weighted by atomic mass is 10.1. The summed E-state index contributed by atoms with van der Waals surface area (Å²) in [6.45, 7) is 3.55. The highest BCUT2D eigenvalue weighted by Crippen LogP contribution is 2.21. The molecule has 2 aromatic carbocycles. The first kappa shape index (κ1) is 18.7. The molecule has 0 bridgehead atoms. The number of nitro groups is 1. The van der Waals surface area contributed by atoms with Crippen LogP contribution in [0.4, 0.5) is 14.5 Å². The molecular formula is C16H19F2N3O2. The molecule has 0 aromatic heterocycles. The van der Waals surface area contributed by atoms with Crippen molar-refractivity contribution >= 4 is 5.69 Å². The second kappa shape index (κ2) is 8.30. The largest absolute Gasteiger partial charge is 0.324 e. The zero-order valence-corrected chi connectivity index (χ0v) is 12.9. The average Bonchev–Trinajstić information content (AvgIpc) is 2.48. The van der Waals surface area contributed by atoms with E-state index >= 15 is 0 Å². The Kier molecular flexibility index (Phi) is 6.74. The number of hydrogen-bond acceptors (Lipinski definition) is 4. The minimum absolute atomic E-state index is 0.0133. The average molecular weight is 323 g/mol. The first-order chi connectivity index (χ1) is 10.7. The summed E-state index contributed by atoms with van der Waals surface area (Å²) in [7, 11) is 0. The Morgan fingerprint density at radius 2 is 1.43 bits per heavy atom. The summed E-state index contributed by atoms with van der Waals surface area (Å²) >= 11 is 0. The Bertz CT molecular complexity index is 659. The second-order valence-electron chi connectivity index (χ2n) is 5.10. The van der Waals surface area contributed by atoms with Gasteiger partial charge in [0.2, 0.25) is 5.82 Å². The molecule has 4 N–H and O–H groups in total. The standard InChI is InChI=1S/C8H9FN2O2.C8H10FN/c1-5(10)6-2-3-7(9)8(4-6)11(12)13;1-6(10)7-2-4-8(9)5-3-7/h2-5H,10H2,1H3;2-6H,10H2,1H3. The van der Waals surface area contributed by atoms with E-state index in [2.05, 4.69) is 0 Å². The Balaban J connectivity index is 0.000000238. The molecule has 0 aliphatic rings. The van der Waals surface area contributed by atoms with Gasteiger partial charge in [0.05, 0.1) is 4.92 Å². The third-order valence-corrected chi connectivity index (χ3v) is 3.09. The molecule has 23 heavy (non-hydrogen) atoms. The molecule has 0 spiro atoms. The van der Waals surface area contributed by atoms with E-state index in [0.29, 0.717) is 5.56 Å². The summed E-state index contributed by atoms with van der Waals surface area (Å²) in [5.74, 6) is -1.06. The van der Waals surface area contributed by atoms with Gasteiger partial charge >= 0.3 is 5.69 Å². The SMILES string of the molecule is CC(N)c1ccc(F)c([N+](=O)[O-])c1.CC(N)c1ccc(F)cc1. The van der Waals surface area contributed by atoms with Gasteiger partial charge in [0, 0.05) is 18.2 Å². The monoisotopic (exact) mass is 323 g/mol. The quantitative estimate of drug-likeness (QED) is 0.666. The number of nitrogens with zero attached hydrogens (tertiary/aromatic N) is 1. The van der Waals surface area contributed by atoms with Crippen LogP contribution in [0.15, 0.2) is 42.5 Å². The first-order valence-electron chi connectivity index (χ1n) is 6.92.